The van der Waals surface area contributed by atoms with Gasteiger partial charge in [0.15, 0.2) is 0 Å². The molecule has 0 radical (unpaired) electrons. The number of hydrogen-bond donors (Lipinski definition) is 1. The van der Waals surface area contributed by atoms with Crippen molar-refractivity contribution in [2.24, 2.45) is 0 Å². The van der Waals surface area contributed by atoms with E-state index >= 15 is 0 Å². The van der Waals surface area contributed by atoms with Gasteiger partial charge in [0, 0.05) is 12.4 Å². The second-order valence-corrected chi connectivity index (χ2v) is 3.52. The fourth-order valence-corrected chi connectivity index (χ4v) is 1.34. The fourth-order valence-electron chi connectivity index (χ4n) is 1.34. The van der Waals surface area contributed by atoms with Gasteiger partial charge in [-0.1, -0.05) is 19.1 Å². The fraction of sp³-hybridized carbons (Fsp3) is 0.417. The zero-order valence-corrected chi connectivity index (χ0v) is 8.61. The molecule has 1 aromatic rings. The van der Waals surface area contributed by atoms with E-state index in [2.05, 4.69) is 18.5 Å². The highest BCUT2D eigenvalue weighted by atomic mass is 16.3. The van der Waals surface area contributed by atoms with Crippen molar-refractivity contribution in [3.8, 4) is 0 Å². The highest BCUT2D eigenvalue weighted by molar-refractivity contribution is 5.11. The van der Waals surface area contributed by atoms with Crippen LogP contribution in [0.2, 0.25) is 0 Å². The van der Waals surface area contributed by atoms with Crippen LogP contribution in [-0.2, 0) is 6.42 Å². The molecule has 1 atom stereocenters. The first-order chi connectivity index (χ1) is 6.72. The smallest absolute Gasteiger partial charge is 0.0617 e. The van der Waals surface area contributed by atoms with E-state index < -0.39 is 0 Å². The van der Waals surface area contributed by atoms with E-state index in [4.69, 9.17) is 0 Å². The van der Waals surface area contributed by atoms with Crippen molar-refractivity contribution in [1.29, 1.82) is 0 Å². The number of nitrogens with zero attached hydrogens (tertiary/aromatic N) is 1. The maximum atomic E-state index is 9.72. The van der Waals surface area contributed by atoms with Gasteiger partial charge in [0.2, 0.25) is 0 Å². The average Bonchev–Trinajstić information content (AvgIpc) is 2.19. The number of aliphatic hydroxyl groups excluding tert-OH is 1. The minimum Gasteiger partial charge on any atom is -0.392 e. The maximum absolute atomic E-state index is 9.72. The Hall–Kier alpha value is -1.15. The van der Waals surface area contributed by atoms with Gasteiger partial charge >= 0.3 is 0 Å². The molecule has 0 fully saturated rings. The lowest BCUT2D eigenvalue weighted by Crippen LogP contribution is -2.11. The van der Waals surface area contributed by atoms with Gasteiger partial charge in [-0.15, -0.1) is 0 Å². The molecule has 0 aliphatic carbocycles. The minimum absolute atomic E-state index is 0.315. The van der Waals surface area contributed by atoms with Crippen LogP contribution in [0.3, 0.4) is 0 Å². The van der Waals surface area contributed by atoms with Gasteiger partial charge in [0.1, 0.15) is 0 Å². The van der Waals surface area contributed by atoms with Gasteiger partial charge in [-0.3, -0.25) is 4.98 Å². The van der Waals surface area contributed by atoms with Crippen molar-refractivity contribution < 1.29 is 5.11 Å². The van der Waals surface area contributed by atoms with E-state index in [1.165, 1.54) is 0 Å². The summed E-state index contributed by atoms with van der Waals surface area (Å²) in [6, 6.07) is 3.86. The van der Waals surface area contributed by atoms with Crippen LogP contribution in [0.1, 0.15) is 25.3 Å². The van der Waals surface area contributed by atoms with Crippen LogP contribution >= 0.6 is 0 Å². The summed E-state index contributed by atoms with van der Waals surface area (Å²) in [6.45, 7) is 5.94. The van der Waals surface area contributed by atoms with Gasteiger partial charge in [-0.05, 0) is 37.0 Å². The monoisotopic (exact) mass is 191 g/mol. The first kappa shape index (κ1) is 10.9. The topological polar surface area (TPSA) is 33.1 Å². The summed E-state index contributed by atoms with van der Waals surface area (Å²) in [4.78, 5) is 3.93. The van der Waals surface area contributed by atoms with E-state index in [1.54, 1.807) is 12.4 Å². The predicted molar refractivity (Wildman–Crippen MR) is 58.0 cm³/mol. The Morgan fingerprint density at radius 2 is 2.14 bits per heavy atom. The molecule has 0 saturated heterocycles. The zero-order valence-electron chi connectivity index (χ0n) is 8.61. The molecule has 0 amide bonds. The third-order valence-corrected chi connectivity index (χ3v) is 2.24. The number of aromatic nitrogens is 1. The summed E-state index contributed by atoms with van der Waals surface area (Å²) in [5, 5.41) is 9.72. The molecule has 14 heavy (non-hydrogen) atoms. The molecular formula is C12H17NO. The van der Waals surface area contributed by atoms with E-state index in [1.807, 2.05) is 12.1 Å². The Kier molecular flexibility index (Phi) is 4.33. The van der Waals surface area contributed by atoms with Crippen LogP contribution in [0.5, 0.6) is 0 Å². The van der Waals surface area contributed by atoms with Crippen molar-refractivity contribution in [3.63, 3.8) is 0 Å². The summed E-state index contributed by atoms with van der Waals surface area (Å²) >= 11 is 0. The molecule has 1 unspecified atom stereocenters. The number of pyridine rings is 1. The van der Waals surface area contributed by atoms with E-state index in [-0.39, 0.29) is 6.10 Å². The van der Waals surface area contributed by atoms with Crippen molar-refractivity contribution in [2.75, 3.05) is 0 Å². The van der Waals surface area contributed by atoms with Gasteiger partial charge in [-0.25, -0.2) is 0 Å². The van der Waals surface area contributed by atoms with Gasteiger partial charge in [-0.2, -0.15) is 0 Å². The number of aliphatic hydroxyl groups is 1. The lowest BCUT2D eigenvalue weighted by Gasteiger charge is -2.11. The van der Waals surface area contributed by atoms with Crippen molar-refractivity contribution in [3.05, 3.63) is 42.2 Å². The van der Waals surface area contributed by atoms with Crippen molar-refractivity contribution in [2.45, 2.75) is 32.3 Å². The first-order valence-electron chi connectivity index (χ1n) is 4.96. The van der Waals surface area contributed by atoms with Crippen LogP contribution in [-0.4, -0.2) is 16.2 Å². The first-order valence-corrected chi connectivity index (χ1v) is 4.96. The number of hydrogen-bond acceptors (Lipinski definition) is 2. The number of rotatable bonds is 5. The molecule has 2 heteroatoms. The normalized spacial score (nSPS) is 12.4. The van der Waals surface area contributed by atoms with E-state index in [9.17, 15) is 5.11 Å². The van der Waals surface area contributed by atoms with E-state index in [0.29, 0.717) is 12.8 Å². The highest BCUT2D eigenvalue weighted by Crippen LogP contribution is 2.11. The largest absolute Gasteiger partial charge is 0.392 e. The molecule has 1 aromatic heterocycles. The summed E-state index contributed by atoms with van der Waals surface area (Å²) in [7, 11) is 0. The third kappa shape index (κ3) is 3.71. The van der Waals surface area contributed by atoms with E-state index in [0.717, 1.165) is 17.6 Å². The zero-order chi connectivity index (χ0) is 10.4. The average molecular weight is 191 g/mol. The molecule has 2 nitrogen and oxygen atoms in total. The second-order valence-electron chi connectivity index (χ2n) is 3.52. The lowest BCUT2D eigenvalue weighted by atomic mass is 10.0. The van der Waals surface area contributed by atoms with Gasteiger partial charge in [0.25, 0.3) is 0 Å². The molecule has 0 aliphatic heterocycles. The lowest BCUT2D eigenvalue weighted by molar-refractivity contribution is 0.174. The SMILES string of the molecule is C=C(CC)CC(O)Cc1ccncc1. The summed E-state index contributed by atoms with van der Waals surface area (Å²) < 4.78 is 0. The third-order valence-electron chi connectivity index (χ3n) is 2.24. The molecule has 1 heterocycles. The molecule has 76 valence electrons. The predicted octanol–water partition coefficient (Wildman–Crippen LogP) is 2.34. The quantitative estimate of drug-likeness (QED) is 0.725. The van der Waals surface area contributed by atoms with Crippen LogP contribution in [0.25, 0.3) is 0 Å². The molecule has 1 rings (SSSR count). The van der Waals surface area contributed by atoms with Crippen LogP contribution in [0.15, 0.2) is 36.7 Å². The molecule has 0 saturated carbocycles. The summed E-state index contributed by atoms with van der Waals surface area (Å²) in [6.07, 6.45) is 5.49. The molecule has 1 N–H and O–H groups in total. The van der Waals surface area contributed by atoms with Crippen LogP contribution in [0, 0.1) is 0 Å². The molecule has 0 aliphatic rings. The molecular weight excluding hydrogens is 174 g/mol. The Labute approximate surface area is 85.3 Å². The molecule has 0 spiro atoms. The van der Waals surface area contributed by atoms with Crippen molar-refractivity contribution >= 4 is 0 Å². The summed E-state index contributed by atoms with van der Waals surface area (Å²) in [5.41, 5.74) is 2.22. The second kappa shape index (κ2) is 5.55. The van der Waals surface area contributed by atoms with Crippen LogP contribution < -0.4 is 0 Å². The molecule has 0 aromatic carbocycles. The van der Waals surface area contributed by atoms with Gasteiger partial charge in [0.05, 0.1) is 6.10 Å². The van der Waals surface area contributed by atoms with Gasteiger partial charge < -0.3 is 5.11 Å². The maximum Gasteiger partial charge on any atom is 0.0617 e. The minimum atomic E-state index is -0.315. The summed E-state index contributed by atoms with van der Waals surface area (Å²) in [5.74, 6) is 0. The van der Waals surface area contributed by atoms with Crippen LogP contribution in [0.4, 0.5) is 0 Å². The standard InChI is InChI=1S/C12H17NO/c1-3-10(2)8-12(14)9-11-4-6-13-7-5-11/h4-7,12,14H,2-3,8-9H2,1H3. The Morgan fingerprint density at radius 1 is 1.50 bits per heavy atom. The van der Waals surface area contributed by atoms with Crippen molar-refractivity contribution in [1.82, 2.24) is 4.98 Å². The Morgan fingerprint density at radius 3 is 2.71 bits per heavy atom. The Balaban J connectivity index is 2.41. The molecule has 0 bridgehead atoms. The highest BCUT2D eigenvalue weighted by Gasteiger charge is 2.06. The Bertz CT molecular complexity index is 282.